The van der Waals surface area contributed by atoms with Gasteiger partial charge >= 0.3 is 0 Å². The molecule has 0 fully saturated rings. The maximum Gasteiger partial charge on any atom is 0.110 e. The minimum Gasteiger partial charge on any atom is -0.338 e. The molecule has 1 unspecified atom stereocenters. The Kier molecular flexibility index (Phi) is 5.05. The summed E-state index contributed by atoms with van der Waals surface area (Å²) in [6.45, 7) is 2.18. The zero-order valence-corrected chi connectivity index (χ0v) is 12.6. The van der Waals surface area contributed by atoms with Gasteiger partial charge in [0.05, 0.1) is 0 Å². The molecule has 3 nitrogen and oxygen atoms in total. The fourth-order valence-corrected chi connectivity index (χ4v) is 2.79. The van der Waals surface area contributed by atoms with E-state index in [2.05, 4.69) is 46.1 Å². The Labute approximate surface area is 119 Å². The SMILES string of the molecule is CCSc1ccc(C(Cc2nccn2C)NC)cc1. The number of hydrogen-bond acceptors (Lipinski definition) is 3. The highest BCUT2D eigenvalue weighted by molar-refractivity contribution is 7.99. The van der Waals surface area contributed by atoms with Crippen molar-refractivity contribution in [3.8, 4) is 0 Å². The predicted octanol–water partition coefficient (Wildman–Crippen LogP) is 3.04. The van der Waals surface area contributed by atoms with Crippen molar-refractivity contribution in [2.75, 3.05) is 12.8 Å². The smallest absolute Gasteiger partial charge is 0.110 e. The lowest BCUT2D eigenvalue weighted by molar-refractivity contribution is 0.563. The summed E-state index contributed by atoms with van der Waals surface area (Å²) in [4.78, 5) is 5.73. The first-order chi connectivity index (χ1) is 9.24. The van der Waals surface area contributed by atoms with Crippen LogP contribution in [0.4, 0.5) is 0 Å². The van der Waals surface area contributed by atoms with Gasteiger partial charge in [-0.3, -0.25) is 0 Å². The number of benzene rings is 1. The van der Waals surface area contributed by atoms with Crippen LogP contribution in [-0.2, 0) is 13.5 Å². The fraction of sp³-hybridized carbons (Fsp3) is 0.400. The van der Waals surface area contributed by atoms with Crippen LogP contribution in [0.25, 0.3) is 0 Å². The Morgan fingerprint density at radius 1 is 1.32 bits per heavy atom. The van der Waals surface area contributed by atoms with E-state index in [0.717, 1.165) is 18.0 Å². The van der Waals surface area contributed by atoms with Crippen LogP contribution < -0.4 is 5.32 Å². The van der Waals surface area contributed by atoms with Gasteiger partial charge in [0.25, 0.3) is 0 Å². The van der Waals surface area contributed by atoms with Crippen LogP contribution in [0.3, 0.4) is 0 Å². The van der Waals surface area contributed by atoms with Gasteiger partial charge in [-0.1, -0.05) is 19.1 Å². The highest BCUT2D eigenvalue weighted by atomic mass is 32.2. The van der Waals surface area contributed by atoms with E-state index in [9.17, 15) is 0 Å². The van der Waals surface area contributed by atoms with Crippen molar-refractivity contribution in [2.24, 2.45) is 7.05 Å². The zero-order chi connectivity index (χ0) is 13.7. The molecule has 1 heterocycles. The van der Waals surface area contributed by atoms with Crippen LogP contribution in [0.15, 0.2) is 41.6 Å². The fourth-order valence-electron chi connectivity index (χ4n) is 2.13. The molecule has 0 aliphatic rings. The average molecular weight is 275 g/mol. The normalized spacial score (nSPS) is 12.6. The lowest BCUT2D eigenvalue weighted by Crippen LogP contribution is -2.20. The van der Waals surface area contributed by atoms with Gasteiger partial charge in [-0.2, -0.15) is 0 Å². The van der Waals surface area contributed by atoms with Crippen molar-refractivity contribution >= 4 is 11.8 Å². The second-order valence-electron chi connectivity index (χ2n) is 4.50. The summed E-state index contributed by atoms with van der Waals surface area (Å²) in [5, 5.41) is 3.38. The van der Waals surface area contributed by atoms with Crippen LogP contribution >= 0.6 is 11.8 Å². The first-order valence-corrected chi connectivity index (χ1v) is 7.59. The minimum absolute atomic E-state index is 0.307. The molecular weight excluding hydrogens is 254 g/mol. The highest BCUT2D eigenvalue weighted by Crippen LogP contribution is 2.22. The number of imidazole rings is 1. The molecule has 0 aliphatic heterocycles. The Morgan fingerprint density at radius 3 is 2.58 bits per heavy atom. The maximum absolute atomic E-state index is 4.39. The summed E-state index contributed by atoms with van der Waals surface area (Å²) < 4.78 is 2.08. The summed E-state index contributed by atoms with van der Waals surface area (Å²) in [7, 11) is 4.04. The molecule has 1 aromatic carbocycles. The Bertz CT molecular complexity index is 504. The molecule has 2 rings (SSSR count). The average Bonchev–Trinajstić information content (AvgIpc) is 2.83. The van der Waals surface area contributed by atoms with Crippen LogP contribution in [-0.4, -0.2) is 22.4 Å². The van der Waals surface area contributed by atoms with Gasteiger partial charge in [0.15, 0.2) is 0 Å². The van der Waals surface area contributed by atoms with E-state index >= 15 is 0 Å². The first-order valence-electron chi connectivity index (χ1n) is 6.60. The molecular formula is C15H21N3S. The van der Waals surface area contributed by atoms with E-state index in [0.29, 0.717) is 6.04 Å². The molecule has 0 bridgehead atoms. The van der Waals surface area contributed by atoms with Gasteiger partial charge in [0, 0.05) is 36.8 Å². The molecule has 19 heavy (non-hydrogen) atoms. The lowest BCUT2D eigenvalue weighted by Gasteiger charge is -2.16. The standard InChI is InChI=1S/C15H21N3S/c1-4-19-13-7-5-12(6-8-13)14(16-2)11-15-17-9-10-18(15)3/h5-10,14,16H,4,11H2,1-3H3. The second-order valence-corrected chi connectivity index (χ2v) is 5.84. The second kappa shape index (κ2) is 6.78. The molecule has 102 valence electrons. The number of aromatic nitrogens is 2. The Balaban J connectivity index is 2.11. The predicted molar refractivity (Wildman–Crippen MR) is 81.6 cm³/mol. The topological polar surface area (TPSA) is 29.9 Å². The largest absolute Gasteiger partial charge is 0.338 e. The van der Waals surface area contributed by atoms with Crippen LogP contribution in [0, 0.1) is 0 Å². The molecule has 1 N–H and O–H groups in total. The monoisotopic (exact) mass is 275 g/mol. The summed E-state index contributed by atoms with van der Waals surface area (Å²) >= 11 is 1.87. The maximum atomic E-state index is 4.39. The van der Waals surface area contributed by atoms with Gasteiger partial charge in [0.2, 0.25) is 0 Å². The lowest BCUT2D eigenvalue weighted by atomic mass is 10.0. The molecule has 0 radical (unpaired) electrons. The Morgan fingerprint density at radius 2 is 2.05 bits per heavy atom. The minimum atomic E-state index is 0.307. The van der Waals surface area contributed by atoms with Gasteiger partial charge in [-0.15, -0.1) is 11.8 Å². The Hall–Kier alpha value is -1.26. The van der Waals surface area contributed by atoms with Gasteiger partial charge in [0.1, 0.15) is 5.82 Å². The molecule has 0 aliphatic carbocycles. The van der Waals surface area contributed by atoms with E-state index in [1.165, 1.54) is 10.5 Å². The van der Waals surface area contributed by atoms with Crippen molar-refractivity contribution < 1.29 is 0 Å². The third-order valence-corrected chi connectivity index (χ3v) is 4.14. The summed E-state index contributed by atoms with van der Waals surface area (Å²) in [6.07, 6.45) is 4.74. The summed E-state index contributed by atoms with van der Waals surface area (Å²) in [5.41, 5.74) is 1.31. The van der Waals surface area contributed by atoms with Crippen molar-refractivity contribution in [3.05, 3.63) is 48.0 Å². The van der Waals surface area contributed by atoms with Crippen LogP contribution in [0.1, 0.15) is 24.4 Å². The summed E-state index contributed by atoms with van der Waals surface area (Å²) in [6, 6.07) is 9.13. The van der Waals surface area contributed by atoms with E-state index in [-0.39, 0.29) is 0 Å². The third-order valence-electron chi connectivity index (χ3n) is 3.25. The van der Waals surface area contributed by atoms with E-state index in [4.69, 9.17) is 0 Å². The van der Waals surface area contributed by atoms with E-state index in [1.807, 2.05) is 38.3 Å². The highest BCUT2D eigenvalue weighted by Gasteiger charge is 2.12. The van der Waals surface area contributed by atoms with E-state index < -0.39 is 0 Å². The van der Waals surface area contributed by atoms with Crippen LogP contribution in [0.2, 0.25) is 0 Å². The number of aryl methyl sites for hydroxylation is 1. The van der Waals surface area contributed by atoms with Crippen molar-refractivity contribution in [1.29, 1.82) is 0 Å². The van der Waals surface area contributed by atoms with Gasteiger partial charge in [-0.05, 0) is 30.5 Å². The zero-order valence-electron chi connectivity index (χ0n) is 11.8. The first kappa shape index (κ1) is 14.2. The summed E-state index contributed by atoms with van der Waals surface area (Å²) in [5.74, 6) is 2.22. The van der Waals surface area contributed by atoms with Crippen molar-refractivity contribution in [2.45, 2.75) is 24.3 Å². The molecule has 4 heteroatoms. The number of nitrogens with one attached hydrogen (secondary N) is 1. The molecule has 0 spiro atoms. The molecule has 1 aromatic heterocycles. The van der Waals surface area contributed by atoms with Gasteiger partial charge in [-0.25, -0.2) is 4.98 Å². The molecule has 1 atom stereocenters. The quantitative estimate of drug-likeness (QED) is 0.822. The molecule has 0 saturated carbocycles. The molecule has 0 saturated heterocycles. The van der Waals surface area contributed by atoms with Crippen LogP contribution in [0.5, 0.6) is 0 Å². The number of likely N-dealkylation sites (N-methyl/N-ethyl adjacent to an activating group) is 1. The number of rotatable bonds is 6. The van der Waals surface area contributed by atoms with Crippen molar-refractivity contribution in [3.63, 3.8) is 0 Å². The number of hydrogen-bond donors (Lipinski definition) is 1. The van der Waals surface area contributed by atoms with E-state index in [1.54, 1.807) is 0 Å². The third kappa shape index (κ3) is 3.61. The molecule has 0 amide bonds. The van der Waals surface area contributed by atoms with Crippen molar-refractivity contribution in [1.82, 2.24) is 14.9 Å². The molecule has 2 aromatic rings. The number of nitrogens with zero attached hydrogens (tertiary/aromatic N) is 2. The van der Waals surface area contributed by atoms with Gasteiger partial charge < -0.3 is 9.88 Å². The number of thioether (sulfide) groups is 1.